The first-order valence-corrected chi connectivity index (χ1v) is 10.3. The zero-order valence-electron chi connectivity index (χ0n) is 18.0. The number of amides is 1. The monoisotopic (exact) mass is 410 g/mol. The van der Waals surface area contributed by atoms with Gasteiger partial charge in [0, 0.05) is 24.6 Å². The van der Waals surface area contributed by atoms with Crippen molar-refractivity contribution in [2.75, 3.05) is 6.61 Å². The van der Waals surface area contributed by atoms with E-state index < -0.39 is 11.9 Å². The van der Waals surface area contributed by atoms with Crippen molar-refractivity contribution in [1.29, 1.82) is 0 Å². The Labute approximate surface area is 176 Å². The van der Waals surface area contributed by atoms with Crippen molar-refractivity contribution in [1.82, 2.24) is 9.88 Å². The number of hydrogen-bond acceptors (Lipinski definition) is 3. The summed E-state index contributed by atoms with van der Waals surface area (Å²) in [6, 6.07) is 5.72. The van der Waals surface area contributed by atoms with Crippen molar-refractivity contribution < 1.29 is 19.8 Å². The summed E-state index contributed by atoms with van der Waals surface area (Å²) >= 11 is 0. The number of aliphatic carboxylic acids is 1. The second-order valence-electron chi connectivity index (χ2n) is 8.11. The molecule has 2 unspecified atom stereocenters. The third-order valence-electron chi connectivity index (χ3n) is 6.31. The summed E-state index contributed by atoms with van der Waals surface area (Å²) in [5, 5.41) is 22.9. The highest BCUT2D eigenvalue weighted by molar-refractivity contribution is 6.00. The average molecular weight is 411 g/mol. The number of nitrogens with one attached hydrogen (secondary N) is 1. The highest BCUT2D eigenvalue weighted by Gasteiger charge is 2.24. The maximum Gasteiger partial charge on any atom is 0.310 e. The Hall–Kier alpha value is -2.86. The Kier molecular flexibility index (Phi) is 6.46. The quantitative estimate of drug-likeness (QED) is 0.650. The van der Waals surface area contributed by atoms with Gasteiger partial charge >= 0.3 is 5.97 Å². The van der Waals surface area contributed by atoms with E-state index in [-0.39, 0.29) is 18.6 Å². The molecule has 2 aromatic rings. The van der Waals surface area contributed by atoms with Crippen LogP contribution in [0.2, 0.25) is 0 Å². The van der Waals surface area contributed by atoms with Gasteiger partial charge in [0.15, 0.2) is 0 Å². The van der Waals surface area contributed by atoms with Gasteiger partial charge in [-0.1, -0.05) is 23.8 Å². The Bertz CT molecular complexity index is 1050. The zero-order valence-corrected chi connectivity index (χ0v) is 18.0. The van der Waals surface area contributed by atoms with Crippen LogP contribution in [0.3, 0.4) is 0 Å². The molecular weight excluding hydrogens is 380 g/mol. The number of rotatable bonds is 7. The van der Waals surface area contributed by atoms with E-state index in [0.717, 1.165) is 27.6 Å². The van der Waals surface area contributed by atoms with Crippen LogP contribution in [-0.4, -0.2) is 39.3 Å². The lowest BCUT2D eigenvalue weighted by atomic mass is 9.87. The predicted molar refractivity (Wildman–Crippen MR) is 118 cm³/mol. The number of carbonyl (C=O) groups excluding carboxylic acids is 1. The van der Waals surface area contributed by atoms with Crippen LogP contribution < -0.4 is 5.32 Å². The van der Waals surface area contributed by atoms with Crippen molar-refractivity contribution in [3.63, 3.8) is 0 Å². The number of carboxylic acid groups (broad SMARTS) is 1. The van der Waals surface area contributed by atoms with Gasteiger partial charge in [0.25, 0.3) is 5.91 Å². The largest absolute Gasteiger partial charge is 0.481 e. The van der Waals surface area contributed by atoms with Gasteiger partial charge in [-0.15, -0.1) is 0 Å². The molecule has 3 N–H and O–H groups in total. The van der Waals surface area contributed by atoms with E-state index in [1.165, 1.54) is 5.56 Å². The van der Waals surface area contributed by atoms with Crippen LogP contribution in [0.4, 0.5) is 0 Å². The van der Waals surface area contributed by atoms with Gasteiger partial charge in [-0.05, 0) is 68.9 Å². The van der Waals surface area contributed by atoms with Gasteiger partial charge in [-0.25, -0.2) is 0 Å². The van der Waals surface area contributed by atoms with E-state index in [9.17, 15) is 19.8 Å². The Balaban J connectivity index is 1.85. The number of hydrogen-bond donors (Lipinski definition) is 3. The van der Waals surface area contributed by atoms with Crippen molar-refractivity contribution in [2.24, 2.45) is 13.0 Å². The molecule has 0 fully saturated rings. The fourth-order valence-electron chi connectivity index (χ4n) is 4.07. The van der Waals surface area contributed by atoms with Gasteiger partial charge < -0.3 is 20.1 Å². The first-order chi connectivity index (χ1) is 14.2. The molecular formula is C24H30N2O4. The van der Waals surface area contributed by atoms with Crippen molar-refractivity contribution >= 4 is 22.8 Å². The summed E-state index contributed by atoms with van der Waals surface area (Å²) in [5.41, 5.74) is 5.81. The van der Waals surface area contributed by atoms with Crippen LogP contribution in [0.1, 0.15) is 47.8 Å². The highest BCUT2D eigenvalue weighted by Crippen LogP contribution is 2.28. The molecule has 30 heavy (non-hydrogen) atoms. The zero-order chi connectivity index (χ0) is 22.0. The fourth-order valence-corrected chi connectivity index (χ4v) is 4.07. The molecule has 1 amide bonds. The van der Waals surface area contributed by atoms with E-state index in [0.29, 0.717) is 25.0 Å². The fraction of sp³-hybridized carbons (Fsp3) is 0.417. The number of allylic oxidation sites excluding steroid dienone is 2. The number of fused-ring (bicyclic) bond motifs is 1. The van der Waals surface area contributed by atoms with Crippen LogP contribution in [-0.2, 0) is 11.8 Å². The second-order valence-corrected chi connectivity index (χ2v) is 8.11. The number of aryl methyl sites for hydroxylation is 3. The van der Waals surface area contributed by atoms with Crippen LogP contribution >= 0.6 is 0 Å². The average Bonchev–Trinajstić information content (AvgIpc) is 3.07. The lowest BCUT2D eigenvalue weighted by Crippen LogP contribution is -2.38. The number of aliphatic hydroxyl groups is 1. The Morgan fingerprint density at radius 2 is 1.83 bits per heavy atom. The molecule has 1 aromatic heterocycles. The Morgan fingerprint density at radius 3 is 2.43 bits per heavy atom. The van der Waals surface area contributed by atoms with Gasteiger partial charge in [-0.2, -0.15) is 0 Å². The summed E-state index contributed by atoms with van der Waals surface area (Å²) < 4.78 is 1.90. The molecule has 1 aliphatic rings. The standard InChI is InChI=1S/C24H30N2O4/c1-14-5-10-21-19(15(14)2)13-22(26(21)4)23(28)25-20(11-12-27)18-8-6-17(7-9-18)16(3)24(29)30/h5-6,8,10,13,16,20,27H,7,9,11-12H2,1-4H3,(H,25,28)(H,29,30). The summed E-state index contributed by atoms with van der Waals surface area (Å²) in [6.07, 6.45) is 5.47. The molecule has 0 radical (unpaired) electrons. The number of aliphatic hydroxyl groups excluding tert-OH is 1. The predicted octanol–water partition coefficient (Wildman–Crippen LogP) is 3.64. The van der Waals surface area contributed by atoms with E-state index in [4.69, 9.17) is 0 Å². The van der Waals surface area contributed by atoms with Crippen LogP contribution in [0.15, 0.2) is 41.5 Å². The number of carbonyl (C=O) groups is 2. The third-order valence-corrected chi connectivity index (χ3v) is 6.31. The molecule has 6 nitrogen and oxygen atoms in total. The smallest absolute Gasteiger partial charge is 0.310 e. The molecule has 2 atom stereocenters. The van der Waals surface area contributed by atoms with Gasteiger partial charge in [0.2, 0.25) is 0 Å². The van der Waals surface area contributed by atoms with Crippen LogP contribution in [0.5, 0.6) is 0 Å². The minimum absolute atomic E-state index is 0.0438. The number of nitrogens with zero attached hydrogens (tertiary/aromatic N) is 1. The van der Waals surface area contributed by atoms with E-state index in [2.05, 4.69) is 25.2 Å². The summed E-state index contributed by atoms with van der Waals surface area (Å²) in [7, 11) is 1.88. The highest BCUT2D eigenvalue weighted by atomic mass is 16.4. The van der Waals surface area contributed by atoms with Gasteiger partial charge in [0.05, 0.1) is 12.0 Å². The van der Waals surface area contributed by atoms with Crippen LogP contribution in [0, 0.1) is 19.8 Å². The Morgan fingerprint density at radius 1 is 1.17 bits per heavy atom. The minimum atomic E-state index is -0.834. The van der Waals surface area contributed by atoms with Crippen molar-refractivity contribution in [3.8, 4) is 0 Å². The third kappa shape index (κ3) is 4.19. The molecule has 0 saturated heterocycles. The molecule has 0 spiro atoms. The molecule has 1 aliphatic carbocycles. The molecule has 1 aromatic carbocycles. The lowest BCUT2D eigenvalue weighted by molar-refractivity contribution is -0.139. The number of benzene rings is 1. The first-order valence-electron chi connectivity index (χ1n) is 10.3. The number of carboxylic acids is 1. The maximum atomic E-state index is 13.1. The molecule has 160 valence electrons. The molecule has 6 heteroatoms. The first kappa shape index (κ1) is 21.8. The van der Waals surface area contributed by atoms with Gasteiger partial charge in [-0.3, -0.25) is 9.59 Å². The molecule has 0 saturated carbocycles. The molecule has 3 rings (SSSR count). The van der Waals surface area contributed by atoms with E-state index in [1.807, 2.05) is 35.9 Å². The summed E-state index contributed by atoms with van der Waals surface area (Å²) in [6.45, 7) is 5.76. The molecule has 0 bridgehead atoms. The normalized spacial score (nSPS) is 16.0. The van der Waals surface area contributed by atoms with E-state index in [1.54, 1.807) is 6.92 Å². The minimum Gasteiger partial charge on any atom is -0.481 e. The molecule has 0 aliphatic heterocycles. The SMILES string of the molecule is Cc1ccc2c(cc(C(=O)NC(CCO)C3=CC=C(C(C)C(=O)O)CC3)n2C)c1C. The number of aromatic nitrogens is 1. The summed E-state index contributed by atoms with van der Waals surface area (Å²) in [5.74, 6) is -1.53. The van der Waals surface area contributed by atoms with Crippen LogP contribution in [0.25, 0.3) is 10.9 Å². The lowest BCUT2D eigenvalue weighted by Gasteiger charge is -2.25. The van der Waals surface area contributed by atoms with Gasteiger partial charge in [0.1, 0.15) is 5.69 Å². The topological polar surface area (TPSA) is 91.6 Å². The maximum absolute atomic E-state index is 13.1. The molecule has 1 heterocycles. The summed E-state index contributed by atoms with van der Waals surface area (Å²) in [4.78, 5) is 24.3. The second kappa shape index (κ2) is 8.88. The van der Waals surface area contributed by atoms with Crippen molar-refractivity contribution in [3.05, 3.63) is 58.3 Å². The van der Waals surface area contributed by atoms with Crippen molar-refractivity contribution in [2.45, 2.75) is 46.1 Å². The van der Waals surface area contributed by atoms with E-state index >= 15 is 0 Å².